The third kappa shape index (κ3) is 6.07. The van der Waals surface area contributed by atoms with Crippen molar-refractivity contribution in [1.29, 1.82) is 0 Å². The summed E-state index contributed by atoms with van der Waals surface area (Å²) in [6, 6.07) is 11.9. The molecule has 0 radical (unpaired) electrons. The maximum atomic E-state index is 5.99. The summed E-state index contributed by atoms with van der Waals surface area (Å²) >= 11 is 0. The Kier molecular flexibility index (Phi) is 9.36. The Morgan fingerprint density at radius 1 is 1.12 bits per heavy atom. The van der Waals surface area contributed by atoms with Gasteiger partial charge >= 0.3 is 0 Å². The van der Waals surface area contributed by atoms with E-state index in [0.29, 0.717) is 12.1 Å². The maximum Gasteiger partial charge on any atom is 0.0140 e. The van der Waals surface area contributed by atoms with E-state index in [1.165, 1.54) is 44.2 Å². The first-order valence-corrected chi connectivity index (χ1v) is 9.00. The smallest absolute Gasteiger partial charge is 0.0140 e. The molecule has 24 heavy (non-hydrogen) atoms. The Balaban J connectivity index is 0.00000144. The number of hydrogen-bond acceptors (Lipinski definition) is 2. The van der Waals surface area contributed by atoms with E-state index in [2.05, 4.69) is 48.6 Å². The van der Waals surface area contributed by atoms with Crippen LogP contribution >= 0.6 is 24.8 Å². The molecule has 0 aromatic heterocycles. The summed E-state index contributed by atoms with van der Waals surface area (Å²) in [7, 11) is 0. The van der Waals surface area contributed by atoms with Gasteiger partial charge in [0.05, 0.1) is 0 Å². The van der Waals surface area contributed by atoms with Gasteiger partial charge in [-0.2, -0.15) is 0 Å². The van der Waals surface area contributed by atoms with Crippen LogP contribution in [-0.2, 0) is 0 Å². The first kappa shape index (κ1) is 21.5. The van der Waals surface area contributed by atoms with Crippen LogP contribution in [0.3, 0.4) is 0 Å². The zero-order valence-electron chi connectivity index (χ0n) is 14.6. The minimum Gasteiger partial charge on any atom is -0.328 e. The fourth-order valence-electron chi connectivity index (χ4n) is 3.78. The number of nitrogens with two attached hydrogens (primary N) is 1. The molecular formula is C20H32Cl2N2. The zero-order chi connectivity index (χ0) is 15.4. The van der Waals surface area contributed by atoms with E-state index in [0.717, 1.165) is 18.3 Å². The van der Waals surface area contributed by atoms with E-state index < -0.39 is 0 Å². The lowest BCUT2D eigenvalue weighted by Crippen LogP contribution is -2.32. The number of benzene rings is 1. The predicted octanol–water partition coefficient (Wildman–Crippen LogP) is 4.82. The Hall–Kier alpha value is -0.540. The fraction of sp³-hybridized carbons (Fsp3) is 0.600. The number of nitrogens with one attached hydrogen (secondary N) is 1. The summed E-state index contributed by atoms with van der Waals surface area (Å²) in [5.41, 5.74) is 8.94. The highest BCUT2D eigenvalue weighted by Gasteiger charge is 2.39. The zero-order valence-corrected chi connectivity index (χ0v) is 16.3. The van der Waals surface area contributed by atoms with Crippen LogP contribution in [0.1, 0.15) is 51.0 Å². The summed E-state index contributed by atoms with van der Waals surface area (Å²) in [5.74, 6) is 1.61. The highest BCUT2D eigenvalue weighted by Crippen LogP contribution is 2.40. The number of rotatable bonds is 6. The molecule has 0 unspecified atom stereocenters. The van der Waals surface area contributed by atoms with Crippen molar-refractivity contribution in [2.24, 2.45) is 17.6 Å². The standard InChI is InChI=1S/C20H30N2.2ClH/c1-2-17(12-15-6-4-3-5-7-15)19-13-20(19)22-14-16-8-10-18(21)11-9-16;;/h3-7,12,16,18-20,22H,2,8-11,13-14,21H2,1H3;2*1H/b17-12+;;/t16-,18-,19-,20+;;/m0../s1. The van der Waals surface area contributed by atoms with E-state index in [1.54, 1.807) is 5.57 Å². The molecule has 2 aliphatic carbocycles. The molecule has 0 aliphatic heterocycles. The summed E-state index contributed by atoms with van der Waals surface area (Å²) < 4.78 is 0. The second kappa shape index (κ2) is 10.5. The van der Waals surface area contributed by atoms with Crippen molar-refractivity contribution < 1.29 is 0 Å². The second-order valence-corrected chi connectivity index (χ2v) is 7.12. The molecule has 3 N–H and O–H groups in total. The van der Waals surface area contributed by atoms with Gasteiger partial charge < -0.3 is 11.1 Å². The lowest BCUT2D eigenvalue weighted by atomic mass is 9.86. The topological polar surface area (TPSA) is 38.0 Å². The average Bonchev–Trinajstić information content (AvgIpc) is 3.32. The van der Waals surface area contributed by atoms with Gasteiger partial charge in [-0.25, -0.2) is 0 Å². The van der Waals surface area contributed by atoms with Crippen LogP contribution in [0.15, 0.2) is 35.9 Å². The Morgan fingerprint density at radius 3 is 2.42 bits per heavy atom. The molecule has 0 amide bonds. The second-order valence-electron chi connectivity index (χ2n) is 7.12. The van der Waals surface area contributed by atoms with Crippen LogP contribution in [-0.4, -0.2) is 18.6 Å². The van der Waals surface area contributed by atoms with Gasteiger partial charge in [0, 0.05) is 12.1 Å². The van der Waals surface area contributed by atoms with Gasteiger partial charge in [0.1, 0.15) is 0 Å². The molecule has 4 heteroatoms. The molecule has 2 saturated carbocycles. The molecule has 0 bridgehead atoms. The quantitative estimate of drug-likeness (QED) is 0.752. The molecule has 2 atom stereocenters. The van der Waals surface area contributed by atoms with Gasteiger partial charge in [0.2, 0.25) is 0 Å². The number of halogens is 2. The summed E-state index contributed by atoms with van der Waals surface area (Å²) in [6.07, 6.45) is 9.93. The molecule has 0 spiro atoms. The van der Waals surface area contributed by atoms with Crippen LogP contribution in [0.4, 0.5) is 0 Å². The van der Waals surface area contributed by atoms with Gasteiger partial charge in [-0.1, -0.05) is 48.9 Å². The lowest BCUT2D eigenvalue weighted by Gasteiger charge is -2.26. The molecule has 1 aromatic rings. The average molecular weight is 371 g/mol. The fourth-order valence-corrected chi connectivity index (χ4v) is 3.78. The Morgan fingerprint density at radius 2 is 1.79 bits per heavy atom. The van der Waals surface area contributed by atoms with Crippen LogP contribution in [0.2, 0.25) is 0 Å². The van der Waals surface area contributed by atoms with Crippen molar-refractivity contribution in [3.8, 4) is 0 Å². The number of hydrogen-bond donors (Lipinski definition) is 2. The molecule has 0 saturated heterocycles. The maximum absolute atomic E-state index is 5.99. The molecular weight excluding hydrogens is 339 g/mol. The van der Waals surface area contributed by atoms with Gasteiger partial charge in [-0.3, -0.25) is 0 Å². The van der Waals surface area contributed by atoms with E-state index >= 15 is 0 Å². The summed E-state index contributed by atoms with van der Waals surface area (Å²) in [4.78, 5) is 0. The van der Waals surface area contributed by atoms with Crippen molar-refractivity contribution in [3.05, 3.63) is 41.5 Å². The van der Waals surface area contributed by atoms with Crippen molar-refractivity contribution >= 4 is 30.9 Å². The van der Waals surface area contributed by atoms with Gasteiger partial charge in [-0.15, -0.1) is 24.8 Å². The third-order valence-electron chi connectivity index (χ3n) is 5.39. The largest absolute Gasteiger partial charge is 0.328 e. The SMILES string of the molecule is CC/C(=C\c1ccccc1)[C@@H]1C[C@H]1NC[C@H]1CC[C@H](N)CC1.Cl.Cl. The summed E-state index contributed by atoms with van der Waals surface area (Å²) in [5, 5.41) is 3.81. The van der Waals surface area contributed by atoms with Crippen molar-refractivity contribution in [1.82, 2.24) is 5.32 Å². The van der Waals surface area contributed by atoms with Gasteiger partial charge in [0.15, 0.2) is 0 Å². The molecule has 3 rings (SSSR count). The minimum atomic E-state index is 0. The predicted molar refractivity (Wildman–Crippen MR) is 109 cm³/mol. The highest BCUT2D eigenvalue weighted by molar-refractivity contribution is 5.85. The van der Waals surface area contributed by atoms with E-state index in [1.807, 2.05) is 0 Å². The molecule has 2 nitrogen and oxygen atoms in total. The van der Waals surface area contributed by atoms with E-state index in [9.17, 15) is 0 Å². The molecule has 2 aliphatic rings. The third-order valence-corrected chi connectivity index (χ3v) is 5.39. The van der Waals surface area contributed by atoms with Gasteiger partial charge in [-0.05, 0) is 62.5 Å². The minimum absolute atomic E-state index is 0. The van der Waals surface area contributed by atoms with E-state index in [-0.39, 0.29) is 24.8 Å². The molecule has 2 fully saturated rings. The van der Waals surface area contributed by atoms with Gasteiger partial charge in [0.25, 0.3) is 0 Å². The normalized spacial score (nSPS) is 29.3. The molecule has 1 aromatic carbocycles. The lowest BCUT2D eigenvalue weighted by molar-refractivity contribution is 0.313. The first-order chi connectivity index (χ1) is 10.8. The van der Waals surface area contributed by atoms with Crippen molar-refractivity contribution in [2.45, 2.75) is 57.5 Å². The molecule has 136 valence electrons. The molecule has 0 heterocycles. The summed E-state index contributed by atoms with van der Waals surface area (Å²) in [6.45, 7) is 3.48. The van der Waals surface area contributed by atoms with E-state index in [4.69, 9.17) is 5.73 Å². The Labute approximate surface area is 159 Å². The van der Waals surface area contributed by atoms with Crippen LogP contribution in [0, 0.1) is 11.8 Å². The highest BCUT2D eigenvalue weighted by atomic mass is 35.5. The Bertz CT molecular complexity index is 496. The first-order valence-electron chi connectivity index (χ1n) is 9.00. The van der Waals surface area contributed by atoms with Crippen molar-refractivity contribution in [2.75, 3.05) is 6.54 Å². The monoisotopic (exact) mass is 370 g/mol. The van der Waals surface area contributed by atoms with Crippen molar-refractivity contribution in [3.63, 3.8) is 0 Å². The van der Waals surface area contributed by atoms with Crippen LogP contribution in [0.5, 0.6) is 0 Å². The van der Waals surface area contributed by atoms with Crippen LogP contribution in [0.25, 0.3) is 6.08 Å². The van der Waals surface area contributed by atoms with Crippen LogP contribution < -0.4 is 11.1 Å².